The molecular formula is C10H8BrF2NO5. The minimum absolute atomic E-state index is 0.00637. The fraction of sp³-hybridized carbons (Fsp3) is 0.300. The largest absolute Gasteiger partial charge is 0.469 e. The van der Waals surface area contributed by atoms with Crippen molar-refractivity contribution in [3.63, 3.8) is 0 Å². The number of carbonyl (C=O) groups is 1. The number of halogens is 3. The molecular weight excluding hydrogens is 332 g/mol. The second kappa shape index (κ2) is 6.41. The van der Waals surface area contributed by atoms with E-state index in [-0.39, 0.29) is 10.0 Å². The van der Waals surface area contributed by atoms with Crippen molar-refractivity contribution in [2.24, 2.45) is 0 Å². The summed E-state index contributed by atoms with van der Waals surface area (Å²) >= 11 is 2.88. The summed E-state index contributed by atoms with van der Waals surface area (Å²) in [5, 5.41) is 11.0. The molecule has 1 rings (SSSR count). The number of carbonyl (C=O) groups excluding carboxylic acids is 1. The van der Waals surface area contributed by atoms with Gasteiger partial charge < -0.3 is 9.47 Å². The lowest BCUT2D eigenvalue weighted by atomic mass is 10.1. The van der Waals surface area contributed by atoms with Crippen molar-refractivity contribution in [3.8, 4) is 5.75 Å². The summed E-state index contributed by atoms with van der Waals surface area (Å²) in [4.78, 5) is 21.2. The van der Waals surface area contributed by atoms with Crippen molar-refractivity contribution in [3.05, 3.63) is 32.3 Å². The molecule has 0 amide bonds. The number of nitro benzene ring substituents is 1. The average Bonchev–Trinajstić information content (AvgIpc) is 2.32. The molecule has 0 saturated heterocycles. The van der Waals surface area contributed by atoms with Crippen LogP contribution >= 0.6 is 15.9 Å². The molecule has 19 heavy (non-hydrogen) atoms. The zero-order valence-electron chi connectivity index (χ0n) is 9.56. The van der Waals surface area contributed by atoms with Gasteiger partial charge in [-0.05, 0) is 22.0 Å². The molecule has 0 aromatic heterocycles. The van der Waals surface area contributed by atoms with Crippen LogP contribution in [0.1, 0.15) is 5.56 Å². The summed E-state index contributed by atoms with van der Waals surface area (Å²) in [7, 11) is 1.11. The highest BCUT2D eigenvalue weighted by molar-refractivity contribution is 9.10. The maximum Gasteiger partial charge on any atom is 0.387 e. The Hall–Kier alpha value is -1.77. The molecule has 0 atom stereocenters. The zero-order valence-corrected chi connectivity index (χ0v) is 11.1. The molecule has 0 spiro atoms. The quantitative estimate of drug-likeness (QED) is 0.468. The third-order valence-corrected chi connectivity index (χ3v) is 2.74. The Morgan fingerprint density at radius 1 is 1.53 bits per heavy atom. The molecule has 0 aliphatic rings. The van der Waals surface area contributed by atoms with Gasteiger partial charge in [0, 0.05) is 5.56 Å². The number of esters is 1. The summed E-state index contributed by atoms with van der Waals surface area (Å²) in [6.07, 6.45) is -0.417. The summed E-state index contributed by atoms with van der Waals surface area (Å²) in [6, 6.07) is 2.54. The zero-order chi connectivity index (χ0) is 14.6. The van der Waals surface area contributed by atoms with E-state index in [4.69, 9.17) is 0 Å². The first kappa shape index (κ1) is 15.3. The Balaban J connectivity index is 3.32. The topological polar surface area (TPSA) is 78.7 Å². The van der Waals surface area contributed by atoms with Crippen LogP contribution in [0, 0.1) is 10.1 Å². The SMILES string of the molecule is COC(=O)Cc1ccc(Br)c(OC(F)F)c1[N+](=O)[O-]. The molecule has 0 N–H and O–H groups in total. The van der Waals surface area contributed by atoms with Gasteiger partial charge in [-0.2, -0.15) is 8.78 Å². The van der Waals surface area contributed by atoms with E-state index in [1.807, 2.05) is 0 Å². The summed E-state index contributed by atoms with van der Waals surface area (Å²) in [5.41, 5.74) is -0.768. The fourth-order valence-electron chi connectivity index (χ4n) is 1.36. The molecule has 0 radical (unpaired) electrons. The van der Waals surface area contributed by atoms with E-state index in [9.17, 15) is 23.7 Å². The Morgan fingerprint density at radius 3 is 2.63 bits per heavy atom. The first-order valence-corrected chi connectivity index (χ1v) is 5.63. The van der Waals surface area contributed by atoms with Gasteiger partial charge in [-0.1, -0.05) is 6.07 Å². The van der Waals surface area contributed by atoms with E-state index < -0.39 is 35.4 Å². The minimum Gasteiger partial charge on any atom is -0.469 e. The van der Waals surface area contributed by atoms with Gasteiger partial charge in [-0.15, -0.1) is 0 Å². The van der Waals surface area contributed by atoms with Crippen molar-refractivity contribution >= 4 is 27.6 Å². The number of hydrogen-bond donors (Lipinski definition) is 0. The van der Waals surface area contributed by atoms with Crippen molar-refractivity contribution in [2.45, 2.75) is 13.0 Å². The molecule has 6 nitrogen and oxygen atoms in total. The highest BCUT2D eigenvalue weighted by Crippen LogP contribution is 2.39. The minimum atomic E-state index is -3.22. The van der Waals surface area contributed by atoms with Crippen LogP contribution in [0.5, 0.6) is 5.75 Å². The van der Waals surface area contributed by atoms with Gasteiger partial charge in [0.15, 0.2) is 0 Å². The third kappa shape index (κ3) is 3.85. The van der Waals surface area contributed by atoms with E-state index in [2.05, 4.69) is 25.4 Å². The van der Waals surface area contributed by atoms with E-state index in [1.54, 1.807) is 0 Å². The Morgan fingerprint density at radius 2 is 2.16 bits per heavy atom. The molecule has 1 aromatic rings. The second-order valence-electron chi connectivity index (χ2n) is 3.27. The number of nitrogens with zero attached hydrogens (tertiary/aromatic N) is 1. The normalized spacial score (nSPS) is 10.4. The predicted molar refractivity (Wildman–Crippen MR) is 63.1 cm³/mol. The van der Waals surface area contributed by atoms with Crippen molar-refractivity contribution in [1.82, 2.24) is 0 Å². The molecule has 0 heterocycles. The van der Waals surface area contributed by atoms with Gasteiger partial charge in [0.25, 0.3) is 0 Å². The molecule has 0 bridgehead atoms. The van der Waals surface area contributed by atoms with Crippen LogP contribution in [0.25, 0.3) is 0 Å². The molecule has 0 aliphatic carbocycles. The lowest BCUT2D eigenvalue weighted by Crippen LogP contribution is -2.10. The maximum atomic E-state index is 12.2. The number of ether oxygens (including phenoxy) is 2. The molecule has 0 saturated carbocycles. The first-order valence-electron chi connectivity index (χ1n) is 4.84. The standard InChI is InChI=1S/C10H8BrF2NO5/c1-18-7(15)4-5-2-3-6(11)9(19-10(12)13)8(5)14(16)17/h2-3,10H,4H2,1H3. The molecule has 1 aromatic carbocycles. The third-order valence-electron chi connectivity index (χ3n) is 2.12. The lowest BCUT2D eigenvalue weighted by Gasteiger charge is -2.10. The number of benzene rings is 1. The monoisotopic (exact) mass is 339 g/mol. The van der Waals surface area contributed by atoms with Gasteiger partial charge >= 0.3 is 18.3 Å². The van der Waals surface area contributed by atoms with E-state index in [0.29, 0.717) is 0 Å². The van der Waals surface area contributed by atoms with Crippen LogP contribution in [0.2, 0.25) is 0 Å². The van der Waals surface area contributed by atoms with Crippen LogP contribution < -0.4 is 4.74 Å². The van der Waals surface area contributed by atoms with Crippen LogP contribution in [0.3, 0.4) is 0 Å². The van der Waals surface area contributed by atoms with E-state index in [1.165, 1.54) is 12.1 Å². The smallest absolute Gasteiger partial charge is 0.387 e. The Bertz CT molecular complexity index is 509. The van der Waals surface area contributed by atoms with Crippen LogP contribution in [-0.2, 0) is 16.0 Å². The van der Waals surface area contributed by atoms with Crippen LogP contribution in [0.4, 0.5) is 14.5 Å². The van der Waals surface area contributed by atoms with Gasteiger partial charge in [0.2, 0.25) is 5.75 Å². The fourth-order valence-corrected chi connectivity index (χ4v) is 1.77. The summed E-state index contributed by atoms with van der Waals surface area (Å²) < 4.78 is 33.0. The number of hydrogen-bond acceptors (Lipinski definition) is 5. The Kier molecular flexibility index (Phi) is 5.16. The van der Waals surface area contributed by atoms with Gasteiger partial charge in [0.1, 0.15) is 0 Å². The van der Waals surface area contributed by atoms with Crippen LogP contribution in [0.15, 0.2) is 16.6 Å². The van der Waals surface area contributed by atoms with E-state index in [0.717, 1.165) is 7.11 Å². The van der Waals surface area contributed by atoms with Crippen LogP contribution in [-0.4, -0.2) is 24.6 Å². The average molecular weight is 340 g/mol. The van der Waals surface area contributed by atoms with E-state index >= 15 is 0 Å². The molecule has 0 aliphatic heterocycles. The second-order valence-corrected chi connectivity index (χ2v) is 4.13. The number of alkyl halides is 2. The molecule has 9 heteroatoms. The highest BCUT2D eigenvalue weighted by atomic mass is 79.9. The van der Waals surface area contributed by atoms with Crippen molar-refractivity contribution in [2.75, 3.05) is 7.11 Å². The molecule has 104 valence electrons. The predicted octanol–water partition coefficient (Wildman–Crippen LogP) is 2.67. The number of methoxy groups -OCH3 is 1. The lowest BCUT2D eigenvalue weighted by molar-refractivity contribution is -0.387. The highest BCUT2D eigenvalue weighted by Gasteiger charge is 2.27. The number of nitro groups is 1. The van der Waals surface area contributed by atoms with Gasteiger partial charge in [0.05, 0.1) is 22.9 Å². The van der Waals surface area contributed by atoms with Crippen molar-refractivity contribution < 1.29 is 28.0 Å². The Labute approximate surface area is 114 Å². The molecule has 0 fully saturated rings. The first-order chi connectivity index (χ1) is 8.86. The van der Waals surface area contributed by atoms with Gasteiger partial charge in [-0.3, -0.25) is 14.9 Å². The molecule has 0 unspecified atom stereocenters. The number of rotatable bonds is 5. The van der Waals surface area contributed by atoms with Crippen molar-refractivity contribution in [1.29, 1.82) is 0 Å². The summed E-state index contributed by atoms with van der Waals surface area (Å²) in [6.45, 7) is -3.22. The van der Waals surface area contributed by atoms with Gasteiger partial charge in [-0.25, -0.2) is 0 Å². The summed E-state index contributed by atoms with van der Waals surface area (Å²) in [5.74, 6) is -1.35. The maximum absolute atomic E-state index is 12.2.